The summed E-state index contributed by atoms with van der Waals surface area (Å²) < 4.78 is 6.17. The van der Waals surface area contributed by atoms with E-state index in [0.29, 0.717) is 22.6 Å². The van der Waals surface area contributed by atoms with Crippen molar-refractivity contribution >= 4 is 17.5 Å². The molecule has 0 aliphatic carbocycles. The van der Waals surface area contributed by atoms with Crippen molar-refractivity contribution in [1.29, 1.82) is 0 Å². The van der Waals surface area contributed by atoms with Crippen molar-refractivity contribution in [3.05, 3.63) is 58.7 Å². The summed E-state index contributed by atoms with van der Waals surface area (Å²) in [4.78, 5) is 12.7. The fourth-order valence-electron chi connectivity index (χ4n) is 3.22. The van der Waals surface area contributed by atoms with Gasteiger partial charge in [-0.1, -0.05) is 41.5 Å². The maximum absolute atomic E-state index is 12.7. The molecule has 0 fully saturated rings. The number of ketones is 1. The van der Waals surface area contributed by atoms with Gasteiger partial charge in [-0.3, -0.25) is 4.79 Å². The largest absolute Gasteiger partial charge is 0.507 e. The summed E-state index contributed by atoms with van der Waals surface area (Å²) in [6, 6.07) is 8.82. The fraction of sp³-hybridized carbons (Fsp3) is 0.423. The van der Waals surface area contributed by atoms with E-state index in [-0.39, 0.29) is 28.5 Å². The molecule has 0 bridgehead atoms. The van der Waals surface area contributed by atoms with Crippen molar-refractivity contribution in [1.82, 2.24) is 0 Å². The molecule has 0 spiro atoms. The SMILES string of the molecule is CC(C)Oc1c(C(C)(C)C)cc(C(C)(C)C)c(O)c1C=CC(=O)c1ccc(N)cc1. The molecule has 4 nitrogen and oxygen atoms in total. The van der Waals surface area contributed by atoms with Crippen LogP contribution < -0.4 is 10.5 Å². The normalized spacial score (nSPS) is 12.6. The molecule has 0 saturated heterocycles. The van der Waals surface area contributed by atoms with Crippen molar-refractivity contribution in [2.45, 2.75) is 72.3 Å². The highest BCUT2D eigenvalue weighted by atomic mass is 16.5. The molecule has 0 atom stereocenters. The summed E-state index contributed by atoms with van der Waals surface area (Å²) in [5.74, 6) is 0.597. The molecule has 0 heterocycles. The summed E-state index contributed by atoms with van der Waals surface area (Å²) in [6.45, 7) is 16.4. The second-order valence-corrected chi connectivity index (χ2v) is 10.0. The van der Waals surface area contributed by atoms with Crippen molar-refractivity contribution in [3.8, 4) is 11.5 Å². The van der Waals surface area contributed by atoms with Crippen LogP contribution in [0.1, 0.15) is 82.4 Å². The van der Waals surface area contributed by atoms with Gasteiger partial charge in [0.05, 0.1) is 11.7 Å². The van der Waals surface area contributed by atoms with Gasteiger partial charge in [-0.2, -0.15) is 0 Å². The number of rotatable bonds is 5. The molecular formula is C26H35NO3. The second kappa shape index (κ2) is 8.55. The Balaban J connectivity index is 2.70. The van der Waals surface area contributed by atoms with Gasteiger partial charge in [0.15, 0.2) is 5.78 Å². The molecule has 0 aliphatic heterocycles. The molecule has 2 rings (SSSR count). The summed E-state index contributed by atoms with van der Waals surface area (Å²) in [5, 5.41) is 11.2. The molecule has 4 heteroatoms. The first-order chi connectivity index (χ1) is 13.7. The van der Waals surface area contributed by atoms with Crippen molar-refractivity contribution in [2.24, 2.45) is 0 Å². The third-order valence-electron chi connectivity index (χ3n) is 4.85. The number of hydrogen-bond acceptors (Lipinski definition) is 4. The summed E-state index contributed by atoms with van der Waals surface area (Å²) in [6.07, 6.45) is 3.06. The van der Waals surface area contributed by atoms with E-state index in [1.165, 1.54) is 6.08 Å². The molecule has 0 amide bonds. The number of allylic oxidation sites excluding steroid dienone is 1. The van der Waals surface area contributed by atoms with Gasteiger partial charge in [-0.15, -0.1) is 0 Å². The highest BCUT2D eigenvalue weighted by Crippen LogP contribution is 2.45. The zero-order chi connectivity index (χ0) is 22.9. The highest BCUT2D eigenvalue weighted by Gasteiger charge is 2.29. The molecule has 2 aromatic carbocycles. The van der Waals surface area contributed by atoms with E-state index < -0.39 is 0 Å². The van der Waals surface area contributed by atoms with E-state index in [1.807, 2.05) is 19.9 Å². The van der Waals surface area contributed by atoms with Gasteiger partial charge in [-0.25, -0.2) is 0 Å². The predicted octanol–water partition coefficient (Wildman–Crippen LogP) is 6.25. The Kier molecular flexibility index (Phi) is 6.70. The lowest BCUT2D eigenvalue weighted by Gasteiger charge is -2.30. The third-order valence-corrected chi connectivity index (χ3v) is 4.85. The Morgan fingerprint density at radius 2 is 1.53 bits per heavy atom. The van der Waals surface area contributed by atoms with Gasteiger partial charge in [0, 0.05) is 22.4 Å². The summed E-state index contributed by atoms with van der Waals surface area (Å²) in [7, 11) is 0. The average Bonchev–Trinajstić information content (AvgIpc) is 2.59. The van der Waals surface area contributed by atoms with Gasteiger partial charge in [0.1, 0.15) is 11.5 Å². The number of carbonyl (C=O) groups is 1. The quantitative estimate of drug-likeness (QED) is 0.348. The van der Waals surface area contributed by atoms with Crippen LogP contribution in [0.25, 0.3) is 6.08 Å². The van der Waals surface area contributed by atoms with E-state index in [2.05, 4.69) is 41.5 Å². The minimum atomic E-state index is -0.274. The maximum atomic E-state index is 12.7. The van der Waals surface area contributed by atoms with Crippen molar-refractivity contribution < 1.29 is 14.6 Å². The van der Waals surface area contributed by atoms with E-state index >= 15 is 0 Å². The molecule has 0 aromatic heterocycles. The van der Waals surface area contributed by atoms with Crippen molar-refractivity contribution in [3.63, 3.8) is 0 Å². The number of benzene rings is 2. The Labute approximate surface area is 180 Å². The van der Waals surface area contributed by atoms with Crippen LogP contribution in [-0.2, 0) is 10.8 Å². The number of phenols is 1. The van der Waals surface area contributed by atoms with Crippen LogP contribution in [0.2, 0.25) is 0 Å². The number of ether oxygens (including phenoxy) is 1. The first-order valence-corrected chi connectivity index (χ1v) is 10.4. The number of carbonyl (C=O) groups excluding carboxylic acids is 1. The van der Waals surface area contributed by atoms with E-state index in [9.17, 15) is 9.90 Å². The monoisotopic (exact) mass is 409 g/mol. The smallest absolute Gasteiger partial charge is 0.185 e. The average molecular weight is 410 g/mol. The molecule has 0 aliphatic rings. The summed E-state index contributed by atoms with van der Waals surface area (Å²) in [5.41, 5.74) is 8.73. The minimum Gasteiger partial charge on any atom is -0.507 e. The highest BCUT2D eigenvalue weighted by molar-refractivity contribution is 6.07. The first-order valence-electron chi connectivity index (χ1n) is 10.4. The minimum absolute atomic E-state index is 0.0778. The van der Waals surface area contributed by atoms with Gasteiger partial charge in [0.2, 0.25) is 0 Å². The van der Waals surface area contributed by atoms with E-state index in [4.69, 9.17) is 10.5 Å². The Hall–Kier alpha value is -2.75. The Morgan fingerprint density at radius 1 is 1.00 bits per heavy atom. The molecule has 0 unspecified atom stereocenters. The fourth-order valence-corrected chi connectivity index (χ4v) is 3.22. The topological polar surface area (TPSA) is 72.5 Å². The van der Waals surface area contributed by atoms with Crippen LogP contribution >= 0.6 is 0 Å². The lowest BCUT2D eigenvalue weighted by molar-refractivity contribution is 0.104. The van der Waals surface area contributed by atoms with Crippen LogP contribution in [0.15, 0.2) is 36.4 Å². The van der Waals surface area contributed by atoms with Crippen LogP contribution in [0.5, 0.6) is 11.5 Å². The van der Waals surface area contributed by atoms with E-state index in [1.54, 1.807) is 30.3 Å². The summed E-state index contributed by atoms with van der Waals surface area (Å²) >= 11 is 0. The lowest BCUT2D eigenvalue weighted by Crippen LogP contribution is -2.20. The number of nitrogens with two attached hydrogens (primary N) is 1. The van der Waals surface area contributed by atoms with Crippen LogP contribution in [0.4, 0.5) is 5.69 Å². The van der Waals surface area contributed by atoms with Gasteiger partial charge in [0.25, 0.3) is 0 Å². The standard InChI is InChI=1S/C26H35NO3/c1-16(2)30-24-19(13-14-22(28)17-9-11-18(27)12-10-17)23(29)20(25(3,4)5)15-21(24)26(6,7)8/h9-16,29H,27H2,1-8H3. The number of aromatic hydroxyl groups is 1. The van der Waals surface area contributed by atoms with Gasteiger partial charge in [-0.05, 0) is 67.2 Å². The Bertz CT molecular complexity index is 940. The maximum Gasteiger partial charge on any atom is 0.185 e. The third kappa shape index (κ3) is 5.44. The molecule has 0 saturated carbocycles. The molecule has 0 radical (unpaired) electrons. The van der Waals surface area contributed by atoms with Crippen LogP contribution in [-0.4, -0.2) is 17.0 Å². The van der Waals surface area contributed by atoms with E-state index in [0.717, 1.165) is 11.1 Å². The Morgan fingerprint density at radius 3 is 2.00 bits per heavy atom. The number of anilines is 1. The molecular weight excluding hydrogens is 374 g/mol. The van der Waals surface area contributed by atoms with Gasteiger partial charge < -0.3 is 15.6 Å². The van der Waals surface area contributed by atoms with Crippen LogP contribution in [0.3, 0.4) is 0 Å². The molecule has 162 valence electrons. The second-order valence-electron chi connectivity index (χ2n) is 10.0. The zero-order valence-electron chi connectivity index (χ0n) is 19.5. The molecule has 30 heavy (non-hydrogen) atoms. The first kappa shape index (κ1) is 23.5. The number of phenolic OH excluding ortho intramolecular Hbond substituents is 1. The number of nitrogen functional groups attached to an aromatic ring is 1. The molecule has 3 N–H and O–H groups in total. The number of hydrogen-bond donors (Lipinski definition) is 2. The zero-order valence-corrected chi connectivity index (χ0v) is 19.5. The van der Waals surface area contributed by atoms with Gasteiger partial charge >= 0.3 is 0 Å². The lowest BCUT2D eigenvalue weighted by atomic mass is 9.78. The predicted molar refractivity (Wildman–Crippen MR) is 125 cm³/mol. The van der Waals surface area contributed by atoms with Crippen molar-refractivity contribution in [2.75, 3.05) is 5.73 Å². The molecule has 2 aromatic rings. The van der Waals surface area contributed by atoms with Crippen LogP contribution in [0, 0.1) is 0 Å².